The Kier molecular flexibility index (Phi) is 9.01. The number of unbranched alkanes of at least 4 members (excludes halogenated alkanes) is 1. The van der Waals surface area contributed by atoms with E-state index in [4.69, 9.17) is 14.5 Å². The minimum Gasteiger partial charge on any atom is -0.479 e. The molecule has 1 aliphatic carbocycles. The van der Waals surface area contributed by atoms with Crippen molar-refractivity contribution in [3.63, 3.8) is 0 Å². The third-order valence-corrected chi connectivity index (χ3v) is 7.39. The molecule has 37 heavy (non-hydrogen) atoms. The number of aliphatic imine (C=N–C) groups is 1. The van der Waals surface area contributed by atoms with E-state index in [9.17, 15) is 9.59 Å². The lowest BCUT2D eigenvalue weighted by Crippen LogP contribution is -2.43. The number of amides is 1. The molecule has 0 aromatic heterocycles. The average Bonchev–Trinajstić information content (AvgIpc) is 3.16. The van der Waals surface area contributed by atoms with Gasteiger partial charge in [-0.1, -0.05) is 75.9 Å². The Morgan fingerprint density at radius 1 is 1.03 bits per heavy atom. The Labute approximate surface area is 221 Å². The second kappa shape index (κ2) is 12.4. The van der Waals surface area contributed by atoms with Gasteiger partial charge in [0.15, 0.2) is 6.10 Å². The highest BCUT2D eigenvalue weighted by Crippen LogP contribution is 2.39. The van der Waals surface area contributed by atoms with Gasteiger partial charge in [-0.15, -0.1) is 0 Å². The molecule has 2 aromatic rings. The van der Waals surface area contributed by atoms with E-state index in [-0.39, 0.29) is 11.9 Å². The summed E-state index contributed by atoms with van der Waals surface area (Å²) in [5.41, 5.74) is 2.64. The number of carbonyl (C=O) groups excluding carboxylic acids is 2. The van der Waals surface area contributed by atoms with Crippen LogP contribution in [0.15, 0.2) is 53.5 Å². The Morgan fingerprint density at radius 3 is 2.46 bits per heavy atom. The number of ether oxygens (including phenoxy) is 2. The smallest absolute Gasteiger partial charge is 0.347 e. The summed E-state index contributed by atoms with van der Waals surface area (Å²) in [6.07, 6.45) is 8.04. The van der Waals surface area contributed by atoms with Crippen LogP contribution in [0.5, 0.6) is 5.75 Å². The SMILES string of the molecule is CCCCC1=NC2(CCCCC2)C(=O)N1Cc1ccc(-c2cccc(OC(CC)C(=O)OCC)c2)cc1. The van der Waals surface area contributed by atoms with E-state index in [0.29, 0.717) is 25.3 Å². The van der Waals surface area contributed by atoms with Crippen LogP contribution >= 0.6 is 0 Å². The van der Waals surface area contributed by atoms with E-state index in [1.54, 1.807) is 6.92 Å². The normalized spacial score (nSPS) is 17.5. The van der Waals surface area contributed by atoms with Gasteiger partial charge in [0, 0.05) is 6.42 Å². The maximum atomic E-state index is 13.6. The third-order valence-electron chi connectivity index (χ3n) is 7.39. The van der Waals surface area contributed by atoms with Crippen LogP contribution in [0.25, 0.3) is 11.1 Å². The predicted octanol–water partition coefficient (Wildman–Crippen LogP) is 6.71. The number of esters is 1. The molecule has 1 fully saturated rings. The summed E-state index contributed by atoms with van der Waals surface area (Å²) in [5, 5.41) is 0. The van der Waals surface area contributed by atoms with Crippen molar-refractivity contribution in [2.45, 2.75) is 96.7 Å². The molecule has 1 spiro atoms. The van der Waals surface area contributed by atoms with Gasteiger partial charge in [0.1, 0.15) is 17.1 Å². The standard InChI is InChI=1S/C31H40N2O4/c1-4-7-14-28-32-31(19-9-8-10-20-31)30(35)33(28)22-23-15-17-24(18-16-23)25-12-11-13-26(21-25)37-27(5-2)29(34)36-6-3/h11-13,15-18,21,27H,4-10,14,19-20,22H2,1-3H3. The number of rotatable bonds is 11. The van der Waals surface area contributed by atoms with Gasteiger partial charge >= 0.3 is 5.97 Å². The lowest BCUT2D eigenvalue weighted by Gasteiger charge is -2.29. The van der Waals surface area contributed by atoms with E-state index in [1.807, 2.05) is 36.1 Å². The highest BCUT2D eigenvalue weighted by molar-refractivity contribution is 6.08. The summed E-state index contributed by atoms with van der Waals surface area (Å²) >= 11 is 0. The fourth-order valence-electron chi connectivity index (χ4n) is 5.31. The molecule has 2 aliphatic rings. The molecule has 6 nitrogen and oxygen atoms in total. The van der Waals surface area contributed by atoms with Crippen LogP contribution in [-0.2, 0) is 20.9 Å². The predicted molar refractivity (Wildman–Crippen MR) is 147 cm³/mol. The zero-order valence-electron chi connectivity index (χ0n) is 22.5. The first kappa shape index (κ1) is 26.9. The molecule has 1 aliphatic heterocycles. The topological polar surface area (TPSA) is 68.2 Å². The summed E-state index contributed by atoms with van der Waals surface area (Å²) in [4.78, 5) is 32.7. The van der Waals surface area contributed by atoms with Crippen molar-refractivity contribution in [1.82, 2.24) is 4.90 Å². The van der Waals surface area contributed by atoms with E-state index in [0.717, 1.165) is 67.5 Å². The minimum absolute atomic E-state index is 0.194. The van der Waals surface area contributed by atoms with Crippen LogP contribution in [0.1, 0.15) is 84.1 Å². The zero-order valence-corrected chi connectivity index (χ0v) is 22.5. The van der Waals surface area contributed by atoms with Crippen molar-refractivity contribution in [2.75, 3.05) is 6.61 Å². The van der Waals surface area contributed by atoms with Crippen LogP contribution in [0.3, 0.4) is 0 Å². The average molecular weight is 505 g/mol. The van der Waals surface area contributed by atoms with Gasteiger partial charge < -0.3 is 9.47 Å². The number of carbonyl (C=O) groups is 2. The molecule has 0 radical (unpaired) electrons. The van der Waals surface area contributed by atoms with Crippen molar-refractivity contribution >= 4 is 17.7 Å². The largest absolute Gasteiger partial charge is 0.479 e. The molecule has 0 bridgehead atoms. The van der Waals surface area contributed by atoms with E-state index in [2.05, 4.69) is 31.2 Å². The Balaban J connectivity index is 1.47. The van der Waals surface area contributed by atoms with E-state index >= 15 is 0 Å². The number of benzene rings is 2. The fourth-order valence-corrected chi connectivity index (χ4v) is 5.31. The van der Waals surface area contributed by atoms with Crippen LogP contribution in [0.4, 0.5) is 0 Å². The summed E-state index contributed by atoms with van der Waals surface area (Å²) in [6.45, 7) is 6.77. The molecular weight excluding hydrogens is 464 g/mol. The molecule has 1 amide bonds. The third kappa shape index (κ3) is 6.23. The molecule has 198 valence electrons. The molecule has 1 unspecified atom stereocenters. The van der Waals surface area contributed by atoms with Gasteiger partial charge in [-0.2, -0.15) is 0 Å². The summed E-state index contributed by atoms with van der Waals surface area (Å²) in [5.74, 6) is 1.46. The Hall–Kier alpha value is -3.15. The number of nitrogens with zero attached hydrogens (tertiary/aromatic N) is 2. The molecule has 2 aromatic carbocycles. The first-order valence-electron chi connectivity index (χ1n) is 13.9. The van der Waals surface area contributed by atoms with E-state index in [1.165, 1.54) is 6.42 Å². The molecule has 1 heterocycles. The minimum atomic E-state index is -0.619. The Morgan fingerprint density at radius 2 is 1.78 bits per heavy atom. The maximum Gasteiger partial charge on any atom is 0.347 e. The van der Waals surface area contributed by atoms with Crippen LogP contribution < -0.4 is 4.74 Å². The second-order valence-electron chi connectivity index (χ2n) is 10.1. The molecule has 0 saturated heterocycles. The van der Waals surface area contributed by atoms with Gasteiger partial charge in [-0.3, -0.25) is 14.7 Å². The zero-order chi connectivity index (χ0) is 26.3. The molecule has 6 heteroatoms. The molecule has 0 N–H and O–H groups in total. The molecule has 4 rings (SSSR count). The van der Waals surface area contributed by atoms with Crippen molar-refractivity contribution < 1.29 is 19.1 Å². The second-order valence-corrected chi connectivity index (χ2v) is 10.1. The monoisotopic (exact) mass is 504 g/mol. The van der Waals surface area contributed by atoms with Gasteiger partial charge in [-0.05, 0) is 61.4 Å². The van der Waals surface area contributed by atoms with Gasteiger partial charge in [0.2, 0.25) is 0 Å². The Bertz CT molecular complexity index is 1100. The molecular formula is C31H40N2O4. The van der Waals surface area contributed by atoms with Gasteiger partial charge in [0.25, 0.3) is 5.91 Å². The lowest BCUT2D eigenvalue weighted by atomic mass is 9.82. The van der Waals surface area contributed by atoms with Crippen LogP contribution in [-0.4, -0.2) is 40.9 Å². The summed E-state index contributed by atoms with van der Waals surface area (Å²) in [6, 6.07) is 16.1. The van der Waals surface area contributed by atoms with Crippen molar-refractivity contribution in [2.24, 2.45) is 4.99 Å². The van der Waals surface area contributed by atoms with Crippen molar-refractivity contribution in [3.8, 4) is 16.9 Å². The van der Waals surface area contributed by atoms with Crippen molar-refractivity contribution in [1.29, 1.82) is 0 Å². The molecule has 1 atom stereocenters. The van der Waals surface area contributed by atoms with Crippen LogP contribution in [0.2, 0.25) is 0 Å². The van der Waals surface area contributed by atoms with Crippen LogP contribution in [0, 0.1) is 0 Å². The first-order valence-corrected chi connectivity index (χ1v) is 13.9. The number of amidine groups is 1. The molecule has 1 saturated carbocycles. The number of hydrogen-bond donors (Lipinski definition) is 0. The number of hydrogen-bond acceptors (Lipinski definition) is 5. The maximum absolute atomic E-state index is 13.6. The lowest BCUT2D eigenvalue weighted by molar-refractivity contribution is -0.151. The van der Waals surface area contributed by atoms with E-state index < -0.39 is 11.6 Å². The summed E-state index contributed by atoms with van der Waals surface area (Å²) in [7, 11) is 0. The van der Waals surface area contributed by atoms with Gasteiger partial charge in [-0.25, -0.2) is 4.79 Å². The highest BCUT2D eigenvalue weighted by atomic mass is 16.6. The fraction of sp³-hybridized carbons (Fsp3) is 0.516. The summed E-state index contributed by atoms with van der Waals surface area (Å²) < 4.78 is 11.1. The highest BCUT2D eigenvalue weighted by Gasteiger charge is 2.48. The van der Waals surface area contributed by atoms with Crippen molar-refractivity contribution in [3.05, 3.63) is 54.1 Å². The quantitative estimate of drug-likeness (QED) is 0.319. The van der Waals surface area contributed by atoms with Gasteiger partial charge in [0.05, 0.1) is 13.2 Å². The first-order chi connectivity index (χ1) is 18.0.